The summed E-state index contributed by atoms with van der Waals surface area (Å²) in [5.41, 5.74) is 1.55. The third-order valence-electron chi connectivity index (χ3n) is 7.76. The number of allylic oxidation sites excluding steroid dienone is 1. The number of halogens is 5. The largest absolute Gasteiger partial charge is 0.416 e. The zero-order chi connectivity index (χ0) is 30.1. The highest BCUT2D eigenvalue weighted by Gasteiger charge is 2.36. The van der Waals surface area contributed by atoms with Gasteiger partial charge in [-0.25, -0.2) is 12.8 Å². The molecule has 2 aliphatic rings. The molecule has 0 amide bonds. The van der Waals surface area contributed by atoms with Crippen LogP contribution >= 0.6 is 11.6 Å². The molecule has 0 aromatic heterocycles. The zero-order valence-corrected chi connectivity index (χ0v) is 24.6. The van der Waals surface area contributed by atoms with Crippen LogP contribution in [-0.4, -0.2) is 52.7 Å². The number of ether oxygens (including phenoxy) is 1. The van der Waals surface area contributed by atoms with Crippen molar-refractivity contribution in [2.24, 2.45) is 5.92 Å². The first-order chi connectivity index (χ1) is 19.9. The summed E-state index contributed by atoms with van der Waals surface area (Å²) in [5.74, 6) is -0.521. The van der Waals surface area contributed by atoms with Crippen molar-refractivity contribution in [3.63, 3.8) is 0 Å². The second kappa shape index (κ2) is 12.4. The number of rotatable bonds is 7. The Labute approximate surface area is 248 Å². The molecule has 224 valence electrons. The molecule has 1 atom stereocenters. The van der Waals surface area contributed by atoms with E-state index in [4.69, 9.17) is 16.3 Å². The Kier molecular flexibility index (Phi) is 8.99. The van der Waals surface area contributed by atoms with Crippen LogP contribution in [0, 0.1) is 11.7 Å². The fourth-order valence-electron chi connectivity index (χ4n) is 5.55. The molecule has 0 N–H and O–H groups in total. The van der Waals surface area contributed by atoms with Gasteiger partial charge < -0.3 is 4.74 Å². The molecule has 5 nitrogen and oxygen atoms in total. The maximum absolute atomic E-state index is 14.5. The third-order valence-corrected chi connectivity index (χ3v) is 9.85. The first-order valence-corrected chi connectivity index (χ1v) is 15.5. The molecule has 0 saturated carbocycles. The summed E-state index contributed by atoms with van der Waals surface area (Å²) in [6.45, 7) is 5.51. The smallest absolute Gasteiger partial charge is 0.379 e. The molecule has 42 heavy (non-hydrogen) atoms. The second-order valence-electron chi connectivity index (χ2n) is 10.7. The Morgan fingerprint density at radius 3 is 2.52 bits per heavy atom. The fraction of sp³-hybridized carbons (Fsp3) is 0.355. The summed E-state index contributed by atoms with van der Waals surface area (Å²) in [6.07, 6.45) is -1.63. The standard InChI is InChI=1S/C31H31ClF4N2O3S/c1-21(30-27(32)6-3-7-28(30)33)16-22-8-9-24-17-23(10-11-37-12-14-41-15-13-37)20-38(29(24)18-22)42(39,40)26-5-2-4-25(19-26)31(34,35)36/h2-9,16,18-19,23H,10-15,17,20H2,1H3/b21-16+/t23-/m1/s1. The van der Waals surface area contributed by atoms with Gasteiger partial charge in [-0.2, -0.15) is 13.2 Å². The molecule has 3 aromatic rings. The van der Waals surface area contributed by atoms with E-state index in [1.165, 1.54) is 22.5 Å². The normalized spacial score (nSPS) is 18.7. The quantitative estimate of drug-likeness (QED) is 0.207. The van der Waals surface area contributed by atoms with E-state index >= 15 is 0 Å². The van der Waals surface area contributed by atoms with Crippen molar-refractivity contribution < 1.29 is 30.7 Å². The summed E-state index contributed by atoms with van der Waals surface area (Å²) in [7, 11) is -4.35. The molecule has 0 spiro atoms. The highest BCUT2D eigenvalue weighted by molar-refractivity contribution is 7.92. The van der Waals surface area contributed by atoms with E-state index in [0.29, 0.717) is 42.5 Å². The molecule has 5 rings (SSSR count). The van der Waals surface area contributed by atoms with Crippen molar-refractivity contribution in [2.45, 2.75) is 30.8 Å². The lowest BCUT2D eigenvalue weighted by atomic mass is 9.90. The summed E-state index contributed by atoms with van der Waals surface area (Å²) in [5, 5.41) is 0.249. The van der Waals surface area contributed by atoms with E-state index in [1.54, 1.807) is 25.1 Å². The van der Waals surface area contributed by atoms with Crippen LogP contribution in [0.1, 0.15) is 35.6 Å². The Bertz CT molecular complexity index is 1570. The number of morpholine rings is 1. The second-order valence-corrected chi connectivity index (χ2v) is 13.0. The van der Waals surface area contributed by atoms with Gasteiger partial charge in [0, 0.05) is 25.2 Å². The molecular weight excluding hydrogens is 592 g/mol. The lowest BCUT2D eigenvalue weighted by Crippen LogP contribution is -2.42. The van der Waals surface area contributed by atoms with Gasteiger partial charge in [0.25, 0.3) is 10.0 Å². The molecule has 11 heteroatoms. The molecular formula is C31H31ClF4N2O3S. The van der Waals surface area contributed by atoms with Gasteiger partial charge >= 0.3 is 6.18 Å². The maximum atomic E-state index is 14.5. The first-order valence-electron chi connectivity index (χ1n) is 13.7. The Balaban J connectivity index is 1.52. The number of fused-ring (bicyclic) bond motifs is 1. The highest BCUT2D eigenvalue weighted by Crippen LogP contribution is 2.38. The molecule has 2 heterocycles. The minimum absolute atomic E-state index is 0.0405. The van der Waals surface area contributed by atoms with E-state index in [1.807, 2.05) is 12.1 Å². The van der Waals surface area contributed by atoms with Gasteiger partial charge in [-0.1, -0.05) is 41.9 Å². The average molecular weight is 623 g/mol. The molecule has 0 unspecified atom stereocenters. The lowest BCUT2D eigenvalue weighted by Gasteiger charge is -2.37. The zero-order valence-electron chi connectivity index (χ0n) is 23.0. The van der Waals surface area contributed by atoms with Gasteiger partial charge in [-0.05, 0) is 85.3 Å². The van der Waals surface area contributed by atoms with E-state index in [0.717, 1.165) is 43.8 Å². The molecule has 2 aliphatic heterocycles. The number of alkyl halides is 3. The van der Waals surface area contributed by atoms with Crippen LogP contribution in [0.5, 0.6) is 0 Å². The van der Waals surface area contributed by atoms with E-state index in [-0.39, 0.29) is 23.0 Å². The van der Waals surface area contributed by atoms with Crippen molar-refractivity contribution in [3.05, 3.63) is 93.8 Å². The topological polar surface area (TPSA) is 49.9 Å². The number of sulfonamides is 1. The third kappa shape index (κ3) is 6.67. The summed E-state index contributed by atoms with van der Waals surface area (Å²) < 4.78 is 89.6. The molecule has 1 saturated heterocycles. The number of benzene rings is 3. The predicted molar refractivity (Wildman–Crippen MR) is 156 cm³/mol. The minimum atomic E-state index is -4.69. The minimum Gasteiger partial charge on any atom is -0.379 e. The van der Waals surface area contributed by atoms with Crippen LogP contribution < -0.4 is 4.31 Å². The van der Waals surface area contributed by atoms with Crippen LogP contribution in [0.4, 0.5) is 23.2 Å². The average Bonchev–Trinajstić information content (AvgIpc) is 2.96. The van der Waals surface area contributed by atoms with Crippen molar-refractivity contribution in [3.8, 4) is 0 Å². The van der Waals surface area contributed by atoms with Crippen LogP contribution in [0.3, 0.4) is 0 Å². The van der Waals surface area contributed by atoms with Crippen molar-refractivity contribution in [1.29, 1.82) is 0 Å². The van der Waals surface area contributed by atoms with Crippen LogP contribution in [0.25, 0.3) is 11.6 Å². The molecule has 0 radical (unpaired) electrons. The summed E-state index contributed by atoms with van der Waals surface area (Å²) in [6, 6.07) is 13.6. The summed E-state index contributed by atoms with van der Waals surface area (Å²) >= 11 is 6.24. The van der Waals surface area contributed by atoms with E-state index in [2.05, 4.69) is 4.90 Å². The Hall–Kier alpha value is -2.92. The Morgan fingerprint density at radius 2 is 1.81 bits per heavy atom. The molecule has 1 fully saturated rings. The Morgan fingerprint density at radius 1 is 1.07 bits per heavy atom. The number of anilines is 1. The van der Waals surface area contributed by atoms with Crippen LogP contribution in [-0.2, 0) is 27.4 Å². The lowest BCUT2D eigenvalue weighted by molar-refractivity contribution is -0.137. The van der Waals surface area contributed by atoms with Crippen molar-refractivity contribution in [1.82, 2.24) is 4.90 Å². The first kappa shape index (κ1) is 30.5. The van der Waals surface area contributed by atoms with Gasteiger partial charge in [0.05, 0.1) is 34.4 Å². The van der Waals surface area contributed by atoms with Crippen molar-refractivity contribution in [2.75, 3.05) is 43.7 Å². The van der Waals surface area contributed by atoms with Gasteiger partial charge in [0.15, 0.2) is 0 Å². The SMILES string of the molecule is C/C(=C\c1ccc2c(c1)N(S(=O)(=O)c1cccc(C(F)(F)F)c1)C[C@H](CCN1CCOCC1)C2)c1c(F)cccc1Cl. The van der Waals surface area contributed by atoms with Gasteiger partial charge in [-0.15, -0.1) is 0 Å². The number of hydrogen-bond donors (Lipinski definition) is 0. The van der Waals surface area contributed by atoms with Crippen LogP contribution in [0.15, 0.2) is 65.6 Å². The fourth-order valence-corrected chi connectivity index (χ4v) is 7.48. The highest BCUT2D eigenvalue weighted by atomic mass is 35.5. The number of hydrogen-bond acceptors (Lipinski definition) is 4. The number of nitrogens with zero attached hydrogens (tertiary/aromatic N) is 2. The van der Waals surface area contributed by atoms with Crippen LogP contribution in [0.2, 0.25) is 5.02 Å². The predicted octanol–water partition coefficient (Wildman–Crippen LogP) is 7.15. The maximum Gasteiger partial charge on any atom is 0.416 e. The molecule has 3 aromatic carbocycles. The van der Waals surface area contributed by atoms with Gasteiger partial charge in [-0.3, -0.25) is 9.21 Å². The van der Waals surface area contributed by atoms with Gasteiger partial charge in [0.2, 0.25) is 0 Å². The van der Waals surface area contributed by atoms with Gasteiger partial charge in [0.1, 0.15) is 5.82 Å². The monoisotopic (exact) mass is 622 g/mol. The molecule has 0 bridgehead atoms. The van der Waals surface area contributed by atoms with Crippen molar-refractivity contribution >= 4 is 39.0 Å². The molecule has 0 aliphatic carbocycles. The van der Waals surface area contributed by atoms with E-state index in [9.17, 15) is 26.0 Å². The summed E-state index contributed by atoms with van der Waals surface area (Å²) in [4.78, 5) is 1.85. The van der Waals surface area contributed by atoms with E-state index < -0.39 is 32.5 Å².